The Morgan fingerprint density at radius 1 is 1.12 bits per heavy atom. The number of hydrogen-bond donors (Lipinski definition) is 1. The largest absolute Gasteiger partial charge is 0.481 e. The van der Waals surface area contributed by atoms with Crippen LogP contribution in [-0.2, 0) is 17.4 Å². The SMILES string of the molecule is O=C(O)Cc1cn(C(=O)c2cccc(C(F)(F)F)c2)c2cc(Cl)ccc12. The number of hydrogen-bond acceptors (Lipinski definition) is 2. The van der Waals surface area contributed by atoms with E-state index in [2.05, 4.69) is 0 Å². The van der Waals surface area contributed by atoms with Gasteiger partial charge in [0, 0.05) is 22.2 Å². The third-order valence-corrected chi connectivity index (χ3v) is 4.08. The van der Waals surface area contributed by atoms with E-state index in [9.17, 15) is 22.8 Å². The molecule has 8 heteroatoms. The number of carbonyl (C=O) groups excluding carboxylic acids is 1. The molecular formula is C18H11ClF3NO3. The third kappa shape index (κ3) is 3.43. The van der Waals surface area contributed by atoms with Crippen molar-refractivity contribution in [3.63, 3.8) is 0 Å². The van der Waals surface area contributed by atoms with Gasteiger partial charge in [0.25, 0.3) is 5.91 Å². The second kappa shape index (κ2) is 6.49. The highest BCUT2D eigenvalue weighted by molar-refractivity contribution is 6.31. The Morgan fingerprint density at radius 2 is 1.85 bits per heavy atom. The zero-order valence-corrected chi connectivity index (χ0v) is 13.8. The first-order chi connectivity index (χ1) is 12.2. The number of fused-ring (bicyclic) bond motifs is 1. The summed E-state index contributed by atoms with van der Waals surface area (Å²) in [6, 6.07) is 8.64. The molecule has 0 radical (unpaired) electrons. The minimum absolute atomic E-state index is 0.168. The molecule has 0 aliphatic carbocycles. The topological polar surface area (TPSA) is 59.3 Å². The van der Waals surface area contributed by atoms with Crippen LogP contribution in [0, 0.1) is 0 Å². The number of alkyl halides is 3. The van der Waals surface area contributed by atoms with Gasteiger partial charge in [0.2, 0.25) is 0 Å². The summed E-state index contributed by atoms with van der Waals surface area (Å²) in [5.74, 6) is -1.80. The van der Waals surface area contributed by atoms with Crippen LogP contribution in [0.1, 0.15) is 21.5 Å². The maximum Gasteiger partial charge on any atom is 0.416 e. The normalized spacial score (nSPS) is 11.7. The van der Waals surface area contributed by atoms with Crippen molar-refractivity contribution < 1.29 is 27.9 Å². The van der Waals surface area contributed by atoms with Crippen molar-refractivity contribution in [1.29, 1.82) is 0 Å². The van der Waals surface area contributed by atoms with E-state index in [-0.39, 0.29) is 12.0 Å². The van der Waals surface area contributed by atoms with Gasteiger partial charge in [-0.3, -0.25) is 14.2 Å². The summed E-state index contributed by atoms with van der Waals surface area (Å²) in [7, 11) is 0. The Bertz CT molecular complexity index is 1020. The van der Waals surface area contributed by atoms with Crippen LogP contribution in [0.15, 0.2) is 48.7 Å². The lowest BCUT2D eigenvalue weighted by molar-refractivity contribution is -0.138. The molecule has 0 aliphatic rings. The van der Waals surface area contributed by atoms with Crippen LogP contribution in [0.4, 0.5) is 13.2 Å². The van der Waals surface area contributed by atoms with Crippen LogP contribution in [-0.4, -0.2) is 21.6 Å². The molecule has 0 spiro atoms. The Balaban J connectivity index is 2.14. The molecule has 2 aromatic carbocycles. The van der Waals surface area contributed by atoms with Gasteiger partial charge in [-0.2, -0.15) is 13.2 Å². The van der Waals surface area contributed by atoms with Gasteiger partial charge in [-0.1, -0.05) is 23.7 Å². The summed E-state index contributed by atoms with van der Waals surface area (Å²) in [4.78, 5) is 23.8. The molecule has 0 saturated carbocycles. The van der Waals surface area contributed by atoms with Gasteiger partial charge >= 0.3 is 12.1 Å². The number of aromatic nitrogens is 1. The van der Waals surface area contributed by atoms with E-state index in [0.717, 1.165) is 22.8 Å². The first kappa shape index (κ1) is 18.0. The summed E-state index contributed by atoms with van der Waals surface area (Å²) in [6.07, 6.45) is -3.59. The number of rotatable bonds is 3. The van der Waals surface area contributed by atoms with Gasteiger partial charge in [-0.25, -0.2) is 0 Å². The standard InChI is InChI=1S/C18H11ClF3NO3/c19-13-4-5-14-11(7-16(24)25)9-23(15(14)8-13)17(26)10-2-1-3-12(6-10)18(20,21)22/h1-6,8-9H,7H2,(H,24,25). The van der Waals surface area contributed by atoms with Crippen molar-refractivity contribution in [2.24, 2.45) is 0 Å². The van der Waals surface area contributed by atoms with Gasteiger partial charge < -0.3 is 5.11 Å². The highest BCUT2D eigenvalue weighted by atomic mass is 35.5. The van der Waals surface area contributed by atoms with Crippen molar-refractivity contribution in [2.75, 3.05) is 0 Å². The number of nitrogens with zero attached hydrogens (tertiary/aromatic N) is 1. The molecule has 0 aliphatic heterocycles. The second-order valence-electron chi connectivity index (χ2n) is 5.64. The molecule has 1 N–H and O–H groups in total. The van der Waals surface area contributed by atoms with Crippen molar-refractivity contribution in [3.8, 4) is 0 Å². The van der Waals surface area contributed by atoms with Gasteiger partial charge in [0.1, 0.15) is 0 Å². The van der Waals surface area contributed by atoms with Crippen LogP contribution in [0.3, 0.4) is 0 Å². The van der Waals surface area contributed by atoms with Crippen LogP contribution < -0.4 is 0 Å². The fraction of sp³-hybridized carbons (Fsp3) is 0.111. The molecule has 1 aromatic heterocycles. The highest BCUT2D eigenvalue weighted by Crippen LogP contribution is 2.31. The van der Waals surface area contributed by atoms with Gasteiger partial charge in [0.15, 0.2) is 0 Å². The molecule has 0 amide bonds. The molecule has 0 bridgehead atoms. The molecule has 134 valence electrons. The fourth-order valence-electron chi connectivity index (χ4n) is 2.71. The smallest absolute Gasteiger partial charge is 0.416 e. The molecule has 0 unspecified atom stereocenters. The lowest BCUT2D eigenvalue weighted by Crippen LogP contribution is -2.13. The Labute approximate surface area is 150 Å². The van der Waals surface area contributed by atoms with Crippen molar-refractivity contribution in [1.82, 2.24) is 4.57 Å². The van der Waals surface area contributed by atoms with Crippen LogP contribution >= 0.6 is 11.6 Å². The van der Waals surface area contributed by atoms with E-state index in [0.29, 0.717) is 21.5 Å². The highest BCUT2D eigenvalue weighted by Gasteiger charge is 2.31. The van der Waals surface area contributed by atoms with E-state index in [1.54, 1.807) is 12.1 Å². The fourth-order valence-corrected chi connectivity index (χ4v) is 2.88. The monoisotopic (exact) mass is 381 g/mol. The Morgan fingerprint density at radius 3 is 2.50 bits per heavy atom. The van der Waals surface area contributed by atoms with Gasteiger partial charge in [-0.15, -0.1) is 0 Å². The van der Waals surface area contributed by atoms with Gasteiger partial charge in [0.05, 0.1) is 17.5 Å². The molecule has 4 nitrogen and oxygen atoms in total. The number of halogens is 4. The average molecular weight is 382 g/mol. The molecule has 0 fully saturated rings. The Kier molecular flexibility index (Phi) is 4.50. The van der Waals surface area contributed by atoms with Crippen LogP contribution in [0.5, 0.6) is 0 Å². The summed E-state index contributed by atoms with van der Waals surface area (Å²) in [5, 5.41) is 9.84. The minimum Gasteiger partial charge on any atom is -0.481 e. The molecule has 3 rings (SSSR count). The molecule has 3 aromatic rings. The lowest BCUT2D eigenvalue weighted by Gasteiger charge is -2.09. The zero-order valence-electron chi connectivity index (χ0n) is 13.0. The maximum atomic E-state index is 12.9. The quantitative estimate of drug-likeness (QED) is 0.719. The molecule has 26 heavy (non-hydrogen) atoms. The van der Waals surface area contributed by atoms with Crippen LogP contribution in [0.2, 0.25) is 5.02 Å². The first-order valence-electron chi connectivity index (χ1n) is 7.40. The zero-order chi connectivity index (χ0) is 19.1. The van der Waals surface area contributed by atoms with Gasteiger partial charge in [-0.05, 0) is 35.9 Å². The van der Waals surface area contributed by atoms with Crippen LogP contribution in [0.25, 0.3) is 10.9 Å². The third-order valence-electron chi connectivity index (χ3n) is 3.85. The first-order valence-corrected chi connectivity index (χ1v) is 7.78. The number of carbonyl (C=O) groups is 2. The maximum absolute atomic E-state index is 12.9. The minimum atomic E-state index is -4.58. The number of carboxylic acid groups (broad SMARTS) is 1. The van der Waals surface area contributed by atoms with E-state index < -0.39 is 23.6 Å². The predicted molar refractivity (Wildman–Crippen MR) is 89.5 cm³/mol. The van der Waals surface area contributed by atoms with Crippen molar-refractivity contribution in [3.05, 3.63) is 70.4 Å². The average Bonchev–Trinajstić information content (AvgIpc) is 2.90. The van der Waals surface area contributed by atoms with E-state index >= 15 is 0 Å². The molecule has 0 atom stereocenters. The van der Waals surface area contributed by atoms with E-state index in [1.807, 2.05) is 0 Å². The van der Waals surface area contributed by atoms with Crippen molar-refractivity contribution in [2.45, 2.75) is 12.6 Å². The Hall–Kier alpha value is -2.80. The molecule has 1 heterocycles. The summed E-state index contributed by atoms with van der Waals surface area (Å²) >= 11 is 5.95. The van der Waals surface area contributed by atoms with Crippen molar-refractivity contribution >= 4 is 34.4 Å². The number of carboxylic acids is 1. The molecular weight excluding hydrogens is 371 g/mol. The lowest BCUT2D eigenvalue weighted by atomic mass is 10.1. The number of aliphatic carboxylic acids is 1. The summed E-state index contributed by atoms with van der Waals surface area (Å²) in [5.41, 5.74) is -0.414. The molecule has 0 saturated heterocycles. The van der Waals surface area contributed by atoms with E-state index in [1.165, 1.54) is 18.3 Å². The predicted octanol–water partition coefficient (Wildman–Crippen LogP) is 4.63. The number of benzene rings is 2. The van der Waals surface area contributed by atoms with E-state index in [4.69, 9.17) is 16.7 Å². The summed E-state index contributed by atoms with van der Waals surface area (Å²) in [6.45, 7) is 0. The summed E-state index contributed by atoms with van der Waals surface area (Å²) < 4.78 is 39.8. The second-order valence-corrected chi connectivity index (χ2v) is 6.08.